The Balaban J connectivity index is 1.20. The lowest BCUT2D eigenvalue weighted by atomic mass is 9.87. The number of fused-ring (bicyclic) bond motifs is 1. The van der Waals surface area contributed by atoms with Crippen LogP contribution in [-0.4, -0.2) is 54.5 Å². The van der Waals surface area contributed by atoms with Gasteiger partial charge in [0, 0.05) is 45.6 Å². The monoisotopic (exact) mass is 694 g/mol. The predicted molar refractivity (Wildman–Crippen MR) is 196 cm³/mol. The van der Waals surface area contributed by atoms with Gasteiger partial charge in [-0.3, -0.25) is 9.72 Å². The molecule has 0 atom stereocenters. The molecule has 3 heterocycles. The molecule has 0 saturated heterocycles. The van der Waals surface area contributed by atoms with E-state index in [0.717, 1.165) is 45.3 Å². The van der Waals surface area contributed by atoms with Gasteiger partial charge in [0.2, 0.25) is 0 Å². The Morgan fingerprint density at radius 1 is 1.00 bits per heavy atom. The number of urea groups is 1. The zero-order chi connectivity index (χ0) is 34.7. The van der Waals surface area contributed by atoms with E-state index in [4.69, 9.17) is 16.7 Å². The molecule has 12 heteroatoms. The second-order valence-electron chi connectivity index (χ2n) is 12.8. The fourth-order valence-electron chi connectivity index (χ4n) is 5.35. The Labute approximate surface area is 295 Å². The first kappa shape index (κ1) is 34.0. The summed E-state index contributed by atoms with van der Waals surface area (Å²) in [5.74, 6) is 1.15. The summed E-state index contributed by atoms with van der Waals surface area (Å²) in [6.45, 7) is 7.56. The highest BCUT2D eigenvalue weighted by molar-refractivity contribution is 7.99. The number of aromatic hydroxyl groups is 1. The molecule has 49 heavy (non-hydrogen) atoms. The van der Waals surface area contributed by atoms with Crippen LogP contribution in [0.3, 0.4) is 0 Å². The van der Waals surface area contributed by atoms with Gasteiger partial charge in [-0.2, -0.15) is 5.10 Å². The summed E-state index contributed by atoms with van der Waals surface area (Å²) in [4.78, 5) is 17.4. The molecule has 0 radical (unpaired) electrons. The van der Waals surface area contributed by atoms with E-state index in [1.807, 2.05) is 84.0 Å². The first-order valence-corrected chi connectivity index (χ1v) is 17.2. The van der Waals surface area contributed by atoms with Crippen molar-refractivity contribution in [3.05, 3.63) is 113 Å². The number of carbonyl (C=O) groups excluding carboxylic acids is 1. The molecule has 3 aromatic carbocycles. The fraction of sp³-hybridized carbons (Fsp3) is 0.243. The molecule has 0 aliphatic carbocycles. The number of nitrogens with zero attached hydrogens (tertiary/aromatic N) is 6. The van der Waals surface area contributed by atoms with E-state index in [1.165, 1.54) is 0 Å². The van der Waals surface area contributed by atoms with Gasteiger partial charge >= 0.3 is 6.03 Å². The molecular weight excluding hydrogens is 656 g/mol. The number of hydrogen-bond donors (Lipinski definition) is 3. The van der Waals surface area contributed by atoms with Crippen LogP contribution in [0.4, 0.5) is 10.6 Å². The Morgan fingerprint density at radius 3 is 2.61 bits per heavy atom. The van der Waals surface area contributed by atoms with Gasteiger partial charge in [-0.25, -0.2) is 9.48 Å². The maximum atomic E-state index is 13.4. The van der Waals surface area contributed by atoms with E-state index < -0.39 is 0 Å². The summed E-state index contributed by atoms with van der Waals surface area (Å²) in [5, 5.41) is 30.6. The topological polar surface area (TPSA) is 113 Å². The van der Waals surface area contributed by atoms with Crippen molar-refractivity contribution in [2.75, 3.05) is 19.4 Å². The lowest BCUT2D eigenvalue weighted by molar-refractivity contribution is 0.251. The van der Waals surface area contributed by atoms with E-state index in [9.17, 15) is 9.90 Å². The average molecular weight is 695 g/mol. The van der Waals surface area contributed by atoms with Gasteiger partial charge in [0.25, 0.3) is 0 Å². The molecule has 3 aromatic heterocycles. The van der Waals surface area contributed by atoms with Crippen LogP contribution in [0.15, 0.2) is 101 Å². The van der Waals surface area contributed by atoms with Crippen LogP contribution in [-0.2, 0) is 18.5 Å². The molecule has 2 amide bonds. The van der Waals surface area contributed by atoms with Gasteiger partial charge in [0.15, 0.2) is 11.5 Å². The van der Waals surface area contributed by atoms with Gasteiger partial charge in [0.05, 0.1) is 16.9 Å². The number of hydrogen-bond acceptors (Lipinski definition) is 7. The lowest BCUT2D eigenvalue weighted by Crippen LogP contribution is -2.29. The van der Waals surface area contributed by atoms with Crippen LogP contribution in [0.5, 0.6) is 5.75 Å². The normalized spacial score (nSPS) is 11.7. The smallest absolute Gasteiger partial charge is 0.320 e. The number of aromatic nitrogens is 5. The number of rotatable bonds is 11. The molecule has 6 rings (SSSR count). The zero-order valence-corrected chi connectivity index (χ0v) is 29.7. The van der Waals surface area contributed by atoms with Crippen molar-refractivity contribution in [1.82, 2.24) is 34.6 Å². The number of benzene rings is 3. The molecule has 0 saturated carbocycles. The quantitative estimate of drug-likeness (QED) is 0.125. The van der Waals surface area contributed by atoms with Gasteiger partial charge in [-0.1, -0.05) is 74.5 Å². The number of pyridine rings is 1. The number of halogens is 1. The van der Waals surface area contributed by atoms with Gasteiger partial charge in [-0.05, 0) is 80.2 Å². The second-order valence-corrected chi connectivity index (χ2v) is 14.3. The Hall–Kier alpha value is -4.84. The third-order valence-electron chi connectivity index (χ3n) is 8.40. The minimum Gasteiger partial charge on any atom is -0.507 e. The summed E-state index contributed by atoms with van der Waals surface area (Å²) in [5.41, 5.74) is 4.86. The van der Waals surface area contributed by atoms with Crippen molar-refractivity contribution in [3.8, 4) is 22.8 Å². The highest BCUT2D eigenvalue weighted by atomic mass is 35.5. The molecule has 0 fully saturated rings. The number of anilines is 1. The molecule has 0 aliphatic heterocycles. The van der Waals surface area contributed by atoms with Gasteiger partial charge < -0.3 is 15.3 Å². The highest BCUT2D eigenvalue weighted by Gasteiger charge is 2.25. The summed E-state index contributed by atoms with van der Waals surface area (Å²) in [6, 6.07) is 26.5. The van der Waals surface area contributed by atoms with Crippen LogP contribution < -0.4 is 10.6 Å². The number of carbonyl (C=O) groups is 1. The average Bonchev–Trinajstić information content (AvgIpc) is 3.70. The largest absolute Gasteiger partial charge is 0.507 e. The fourth-order valence-corrected chi connectivity index (χ4v) is 6.48. The summed E-state index contributed by atoms with van der Waals surface area (Å²) in [7, 11) is 4.08. The number of phenolic OH excluding ortho intramolecular Hbond substituents is 1. The van der Waals surface area contributed by atoms with E-state index in [-0.39, 0.29) is 17.2 Å². The molecule has 3 N–H and O–H groups in total. The Bertz CT molecular complexity index is 2120. The standard InChI is InChI=1S/C37H39ClN8O2S/c1-6-37(2,3)32-20-34(46(43-32)27-12-9-10-24(18-27)22-44(4)5)40-36(48)39-21-25-11-7-8-13-31(25)49-28-15-17-33-41-42-35(45(33)23-28)29-19-26(38)14-16-30(29)47/h7-20,23,47H,6,21-22H2,1-5H3,(H2,39,40,48). The second kappa shape index (κ2) is 14.3. The molecule has 6 aromatic rings. The molecule has 0 unspecified atom stereocenters. The Kier molecular flexibility index (Phi) is 9.96. The van der Waals surface area contributed by atoms with E-state index in [2.05, 4.69) is 58.6 Å². The molecule has 252 valence electrons. The third kappa shape index (κ3) is 7.75. The third-order valence-corrected chi connectivity index (χ3v) is 9.73. The van der Waals surface area contributed by atoms with Crippen LogP contribution in [0.2, 0.25) is 5.02 Å². The predicted octanol–water partition coefficient (Wildman–Crippen LogP) is 8.16. The van der Waals surface area contributed by atoms with Crippen LogP contribution >= 0.6 is 23.4 Å². The SMILES string of the molecule is CCC(C)(C)c1cc(NC(=O)NCc2ccccc2Sc2ccc3nnc(-c4cc(Cl)ccc4O)n3c2)n(-c2cccc(CN(C)C)c2)n1. The van der Waals surface area contributed by atoms with Crippen LogP contribution in [0.25, 0.3) is 22.7 Å². The van der Waals surface area contributed by atoms with Crippen molar-refractivity contribution in [2.45, 2.75) is 55.5 Å². The lowest BCUT2D eigenvalue weighted by Gasteiger charge is -2.19. The van der Waals surface area contributed by atoms with Crippen molar-refractivity contribution in [1.29, 1.82) is 0 Å². The first-order valence-electron chi connectivity index (χ1n) is 16.0. The van der Waals surface area contributed by atoms with Crippen molar-refractivity contribution in [3.63, 3.8) is 0 Å². The summed E-state index contributed by atoms with van der Waals surface area (Å²) < 4.78 is 3.64. The van der Waals surface area contributed by atoms with E-state index in [0.29, 0.717) is 34.4 Å². The molecule has 0 aliphatic rings. The number of phenols is 1. The maximum absolute atomic E-state index is 13.4. The van der Waals surface area contributed by atoms with Crippen molar-refractivity contribution < 1.29 is 9.90 Å². The maximum Gasteiger partial charge on any atom is 0.320 e. The molecular formula is C37H39ClN8O2S. The van der Waals surface area contributed by atoms with E-state index >= 15 is 0 Å². The van der Waals surface area contributed by atoms with Crippen LogP contribution in [0.1, 0.15) is 44.0 Å². The highest BCUT2D eigenvalue weighted by Crippen LogP contribution is 2.34. The van der Waals surface area contributed by atoms with Crippen LogP contribution in [0, 0.1) is 0 Å². The van der Waals surface area contributed by atoms with E-state index in [1.54, 1.807) is 30.0 Å². The first-order chi connectivity index (χ1) is 23.5. The van der Waals surface area contributed by atoms with Gasteiger partial charge in [0.1, 0.15) is 11.6 Å². The minimum atomic E-state index is -0.330. The molecule has 0 spiro atoms. The zero-order valence-electron chi connectivity index (χ0n) is 28.1. The van der Waals surface area contributed by atoms with Gasteiger partial charge in [-0.15, -0.1) is 10.2 Å². The minimum absolute atomic E-state index is 0.0673. The Morgan fingerprint density at radius 2 is 1.82 bits per heavy atom. The summed E-state index contributed by atoms with van der Waals surface area (Å²) in [6.07, 6.45) is 2.83. The molecule has 10 nitrogen and oxygen atoms in total. The van der Waals surface area contributed by atoms with Crippen molar-refractivity contribution >= 4 is 40.9 Å². The number of amides is 2. The summed E-state index contributed by atoms with van der Waals surface area (Å²) >= 11 is 7.77. The van der Waals surface area contributed by atoms with Crippen molar-refractivity contribution in [2.24, 2.45) is 0 Å². The molecule has 0 bridgehead atoms. The number of nitrogens with one attached hydrogen (secondary N) is 2.